The third kappa shape index (κ3) is 4.95. The number of anilines is 1. The third-order valence-electron chi connectivity index (χ3n) is 3.30. The second kappa shape index (κ2) is 8.12. The first-order valence-electron chi connectivity index (χ1n) is 7.24. The van der Waals surface area contributed by atoms with E-state index in [-0.39, 0.29) is 0 Å². The molecular formula is C14H19N3OS3. The molecule has 3 rings (SSSR count). The fourth-order valence-electron chi connectivity index (χ4n) is 2.19. The zero-order chi connectivity index (χ0) is 14.3. The van der Waals surface area contributed by atoms with Crippen LogP contribution in [0.15, 0.2) is 21.9 Å². The first-order chi connectivity index (χ1) is 10.4. The van der Waals surface area contributed by atoms with Crippen LogP contribution in [0, 0.1) is 0 Å². The molecular weight excluding hydrogens is 322 g/mol. The second-order valence-corrected chi connectivity index (χ2v) is 8.21. The van der Waals surface area contributed by atoms with Crippen molar-refractivity contribution in [1.82, 2.24) is 10.2 Å². The molecule has 1 aliphatic rings. The molecule has 0 radical (unpaired) electrons. The monoisotopic (exact) mass is 341 g/mol. The Labute approximate surface area is 137 Å². The van der Waals surface area contributed by atoms with Gasteiger partial charge in [0.05, 0.1) is 6.10 Å². The predicted molar refractivity (Wildman–Crippen MR) is 90.7 cm³/mol. The number of ether oxygens (including phenoxy) is 1. The van der Waals surface area contributed by atoms with Crippen LogP contribution in [-0.2, 0) is 11.2 Å². The molecule has 0 amide bonds. The van der Waals surface area contributed by atoms with E-state index >= 15 is 0 Å². The van der Waals surface area contributed by atoms with Crippen molar-refractivity contribution in [3.63, 3.8) is 0 Å². The summed E-state index contributed by atoms with van der Waals surface area (Å²) in [7, 11) is 0. The highest BCUT2D eigenvalue weighted by molar-refractivity contribution is 8.01. The summed E-state index contributed by atoms with van der Waals surface area (Å²) in [4.78, 5) is 1.40. The molecule has 2 aromatic heterocycles. The normalized spacial score (nSPS) is 18.8. The van der Waals surface area contributed by atoms with E-state index in [1.54, 1.807) is 34.4 Å². The Bertz CT molecular complexity index is 523. The van der Waals surface area contributed by atoms with Crippen LogP contribution >= 0.6 is 34.4 Å². The van der Waals surface area contributed by atoms with Crippen LogP contribution in [0.1, 0.15) is 24.1 Å². The molecule has 0 saturated carbocycles. The minimum atomic E-state index is 0.392. The van der Waals surface area contributed by atoms with Crippen molar-refractivity contribution in [2.24, 2.45) is 0 Å². The van der Waals surface area contributed by atoms with Crippen molar-refractivity contribution >= 4 is 39.6 Å². The van der Waals surface area contributed by atoms with Gasteiger partial charge < -0.3 is 10.1 Å². The fourth-order valence-corrected chi connectivity index (χ4v) is 4.77. The molecule has 2 aromatic rings. The van der Waals surface area contributed by atoms with Crippen LogP contribution in [0.4, 0.5) is 5.13 Å². The maximum absolute atomic E-state index is 5.73. The first kappa shape index (κ1) is 15.3. The Balaban J connectivity index is 1.38. The number of rotatable bonds is 7. The highest BCUT2D eigenvalue weighted by Crippen LogP contribution is 2.28. The molecule has 0 aromatic carbocycles. The topological polar surface area (TPSA) is 47.0 Å². The summed E-state index contributed by atoms with van der Waals surface area (Å²) in [5.41, 5.74) is 0. The van der Waals surface area contributed by atoms with Gasteiger partial charge in [-0.25, -0.2) is 0 Å². The summed E-state index contributed by atoms with van der Waals surface area (Å²) in [6, 6.07) is 4.25. The van der Waals surface area contributed by atoms with Crippen molar-refractivity contribution in [3.05, 3.63) is 22.4 Å². The van der Waals surface area contributed by atoms with Gasteiger partial charge in [-0.2, -0.15) is 0 Å². The van der Waals surface area contributed by atoms with Gasteiger partial charge in [0.1, 0.15) is 0 Å². The Hall–Kier alpha value is -0.630. The highest BCUT2D eigenvalue weighted by atomic mass is 32.2. The molecule has 4 nitrogen and oxygen atoms in total. The molecule has 114 valence electrons. The number of thioether (sulfide) groups is 1. The first-order valence-corrected chi connectivity index (χ1v) is 9.92. The summed E-state index contributed by atoms with van der Waals surface area (Å²) in [6.45, 7) is 1.82. The SMILES string of the molecule is c1csc(CCNc2nnc(SC[C@@H]3CCCCO3)s2)c1. The number of nitrogens with one attached hydrogen (secondary N) is 1. The minimum Gasteiger partial charge on any atom is -0.377 e. The van der Waals surface area contributed by atoms with Crippen molar-refractivity contribution in [2.45, 2.75) is 36.1 Å². The summed E-state index contributed by atoms with van der Waals surface area (Å²) in [5.74, 6) is 0.990. The van der Waals surface area contributed by atoms with E-state index in [9.17, 15) is 0 Å². The van der Waals surface area contributed by atoms with Crippen LogP contribution in [0.25, 0.3) is 0 Å². The van der Waals surface area contributed by atoms with Crippen molar-refractivity contribution in [1.29, 1.82) is 0 Å². The van der Waals surface area contributed by atoms with Crippen LogP contribution in [0.5, 0.6) is 0 Å². The van der Waals surface area contributed by atoms with Gasteiger partial charge in [0.15, 0.2) is 4.34 Å². The van der Waals surface area contributed by atoms with Gasteiger partial charge >= 0.3 is 0 Å². The molecule has 1 saturated heterocycles. The van der Waals surface area contributed by atoms with E-state index < -0.39 is 0 Å². The van der Waals surface area contributed by atoms with Gasteiger partial charge in [0.25, 0.3) is 0 Å². The van der Waals surface area contributed by atoms with Crippen LogP contribution in [0.2, 0.25) is 0 Å². The zero-order valence-corrected chi connectivity index (χ0v) is 14.2. The van der Waals surface area contributed by atoms with E-state index in [0.717, 1.165) is 34.8 Å². The van der Waals surface area contributed by atoms with Gasteiger partial charge in [-0.3, -0.25) is 0 Å². The van der Waals surface area contributed by atoms with Crippen molar-refractivity contribution in [3.8, 4) is 0 Å². The Kier molecular flexibility index (Phi) is 5.91. The van der Waals surface area contributed by atoms with Gasteiger partial charge in [-0.05, 0) is 37.1 Å². The maximum Gasteiger partial charge on any atom is 0.206 e. The van der Waals surface area contributed by atoms with E-state index in [1.165, 1.54) is 24.1 Å². The van der Waals surface area contributed by atoms with Gasteiger partial charge in [-0.15, -0.1) is 21.5 Å². The molecule has 0 spiro atoms. The summed E-state index contributed by atoms with van der Waals surface area (Å²) in [6.07, 6.45) is 5.10. The quantitative estimate of drug-likeness (QED) is 0.774. The lowest BCUT2D eigenvalue weighted by Crippen LogP contribution is -2.21. The molecule has 1 atom stereocenters. The maximum atomic E-state index is 5.73. The molecule has 1 fully saturated rings. The van der Waals surface area contributed by atoms with Crippen molar-refractivity contribution in [2.75, 3.05) is 24.2 Å². The smallest absolute Gasteiger partial charge is 0.206 e. The lowest BCUT2D eigenvalue weighted by molar-refractivity contribution is 0.0315. The lowest BCUT2D eigenvalue weighted by atomic mass is 10.1. The largest absolute Gasteiger partial charge is 0.377 e. The molecule has 0 bridgehead atoms. The molecule has 3 heterocycles. The molecule has 7 heteroatoms. The van der Waals surface area contributed by atoms with Gasteiger partial charge in [0.2, 0.25) is 5.13 Å². The van der Waals surface area contributed by atoms with E-state index in [2.05, 4.69) is 33.0 Å². The molecule has 0 unspecified atom stereocenters. The van der Waals surface area contributed by atoms with Gasteiger partial charge in [0, 0.05) is 23.8 Å². The van der Waals surface area contributed by atoms with Crippen LogP contribution < -0.4 is 5.32 Å². The standard InChI is InChI=1S/C14H19N3OS3/c1-2-8-18-11(4-1)10-20-14-17-16-13(21-14)15-7-6-12-5-3-9-19-12/h3,5,9,11H,1-2,4,6-8,10H2,(H,15,16)/t11-/m0/s1. The number of hydrogen-bond acceptors (Lipinski definition) is 7. The van der Waals surface area contributed by atoms with Crippen LogP contribution in [0.3, 0.4) is 0 Å². The molecule has 1 N–H and O–H groups in total. The molecule has 0 aliphatic carbocycles. The van der Waals surface area contributed by atoms with E-state index in [4.69, 9.17) is 4.74 Å². The highest BCUT2D eigenvalue weighted by Gasteiger charge is 2.15. The van der Waals surface area contributed by atoms with E-state index in [1.807, 2.05) is 0 Å². The number of hydrogen-bond donors (Lipinski definition) is 1. The number of nitrogens with zero attached hydrogens (tertiary/aromatic N) is 2. The third-order valence-corrected chi connectivity index (χ3v) is 6.38. The number of aromatic nitrogens is 2. The second-order valence-electron chi connectivity index (χ2n) is 4.93. The predicted octanol–water partition coefficient (Wildman–Crippen LogP) is 3.92. The van der Waals surface area contributed by atoms with Crippen LogP contribution in [-0.4, -0.2) is 35.2 Å². The van der Waals surface area contributed by atoms with Gasteiger partial charge in [-0.1, -0.05) is 29.2 Å². The average molecular weight is 342 g/mol. The minimum absolute atomic E-state index is 0.392. The van der Waals surface area contributed by atoms with E-state index in [0.29, 0.717) is 6.10 Å². The average Bonchev–Trinajstić information content (AvgIpc) is 3.18. The Morgan fingerprint density at radius 1 is 1.38 bits per heavy atom. The zero-order valence-electron chi connectivity index (χ0n) is 11.8. The Morgan fingerprint density at radius 2 is 2.38 bits per heavy atom. The van der Waals surface area contributed by atoms with Crippen molar-refractivity contribution < 1.29 is 4.74 Å². The fraction of sp³-hybridized carbons (Fsp3) is 0.571. The summed E-state index contributed by atoms with van der Waals surface area (Å²) in [5, 5.41) is 14.8. The lowest BCUT2D eigenvalue weighted by Gasteiger charge is -2.21. The summed E-state index contributed by atoms with van der Waals surface area (Å²) < 4.78 is 6.76. The molecule has 21 heavy (non-hydrogen) atoms. The molecule has 1 aliphatic heterocycles. The summed E-state index contributed by atoms with van der Waals surface area (Å²) >= 11 is 5.19. The number of thiophene rings is 1. The Morgan fingerprint density at radius 3 is 3.19 bits per heavy atom.